The molecule has 2 aromatic rings. The number of carbonyl (C=O) groups is 1. The largest absolute Gasteiger partial charge is 0.398 e. The Hall–Kier alpha value is -1.52. The van der Waals surface area contributed by atoms with Crippen molar-refractivity contribution in [2.75, 3.05) is 11.1 Å². The molecule has 0 aromatic heterocycles. The van der Waals surface area contributed by atoms with Gasteiger partial charge in [-0.2, -0.15) is 0 Å². The quantitative estimate of drug-likeness (QED) is 0.804. The molecule has 0 aliphatic carbocycles. The van der Waals surface area contributed by atoms with Crippen molar-refractivity contribution in [3.63, 3.8) is 0 Å². The molecule has 3 nitrogen and oxygen atoms in total. The number of benzene rings is 2. The molecule has 0 atom stereocenters. The third-order valence-electron chi connectivity index (χ3n) is 2.69. The lowest BCUT2D eigenvalue weighted by Gasteiger charge is -2.10. The van der Waals surface area contributed by atoms with Gasteiger partial charge in [0.05, 0.1) is 5.56 Å². The van der Waals surface area contributed by atoms with Gasteiger partial charge in [-0.15, -0.1) is 0 Å². The molecule has 0 heterocycles. The van der Waals surface area contributed by atoms with Crippen LogP contribution in [0, 0.1) is 6.92 Å². The molecule has 0 saturated heterocycles. The number of nitrogens with one attached hydrogen (secondary N) is 1. The van der Waals surface area contributed by atoms with E-state index < -0.39 is 0 Å². The van der Waals surface area contributed by atoms with Gasteiger partial charge in [-0.1, -0.05) is 27.5 Å². The lowest BCUT2D eigenvalue weighted by Crippen LogP contribution is -2.14. The van der Waals surface area contributed by atoms with E-state index in [1.807, 2.05) is 6.92 Å². The highest BCUT2D eigenvalue weighted by Crippen LogP contribution is 2.23. The molecule has 19 heavy (non-hydrogen) atoms. The molecular weight excluding hydrogens is 328 g/mol. The van der Waals surface area contributed by atoms with Crippen molar-refractivity contribution in [3.8, 4) is 0 Å². The first-order chi connectivity index (χ1) is 8.97. The monoisotopic (exact) mass is 338 g/mol. The molecule has 0 saturated carbocycles. The second-order valence-electron chi connectivity index (χ2n) is 4.14. The standard InChI is InChI=1S/C14H12BrClN2O/c1-8-6-10(16)3-5-13(8)18-14(19)11-4-2-9(15)7-12(11)17/h2-7H,17H2,1H3,(H,18,19). The third-order valence-corrected chi connectivity index (χ3v) is 3.42. The SMILES string of the molecule is Cc1cc(Cl)ccc1NC(=O)c1ccc(Br)cc1N. The van der Waals surface area contributed by atoms with Crippen LogP contribution in [0.5, 0.6) is 0 Å². The van der Waals surface area contributed by atoms with E-state index in [0.717, 1.165) is 15.7 Å². The minimum absolute atomic E-state index is 0.240. The van der Waals surface area contributed by atoms with Crippen molar-refractivity contribution >= 4 is 44.8 Å². The summed E-state index contributed by atoms with van der Waals surface area (Å²) in [5.74, 6) is -0.240. The Bertz CT molecular complexity index is 643. The summed E-state index contributed by atoms with van der Waals surface area (Å²) >= 11 is 9.18. The molecule has 0 aliphatic rings. The van der Waals surface area contributed by atoms with Crippen LogP contribution in [0.3, 0.4) is 0 Å². The summed E-state index contributed by atoms with van der Waals surface area (Å²) in [7, 11) is 0. The van der Waals surface area contributed by atoms with Crippen LogP contribution in [-0.4, -0.2) is 5.91 Å². The molecule has 0 bridgehead atoms. The van der Waals surface area contributed by atoms with Crippen molar-refractivity contribution in [2.45, 2.75) is 6.92 Å². The van der Waals surface area contributed by atoms with Crippen molar-refractivity contribution < 1.29 is 4.79 Å². The number of nitrogen functional groups attached to an aromatic ring is 1. The molecule has 2 aromatic carbocycles. The molecule has 0 unspecified atom stereocenters. The highest BCUT2D eigenvalue weighted by molar-refractivity contribution is 9.10. The summed E-state index contributed by atoms with van der Waals surface area (Å²) in [6.07, 6.45) is 0. The fraction of sp³-hybridized carbons (Fsp3) is 0.0714. The average molecular weight is 340 g/mol. The normalized spacial score (nSPS) is 10.3. The molecule has 0 aliphatic heterocycles. The summed E-state index contributed by atoms with van der Waals surface area (Å²) in [5.41, 5.74) is 8.32. The number of aryl methyl sites for hydroxylation is 1. The molecule has 1 amide bonds. The first-order valence-electron chi connectivity index (χ1n) is 5.60. The van der Waals surface area contributed by atoms with Crippen LogP contribution in [0.15, 0.2) is 40.9 Å². The Kier molecular flexibility index (Phi) is 4.12. The summed E-state index contributed by atoms with van der Waals surface area (Å²) in [4.78, 5) is 12.1. The highest BCUT2D eigenvalue weighted by atomic mass is 79.9. The molecule has 98 valence electrons. The first-order valence-corrected chi connectivity index (χ1v) is 6.77. The molecule has 2 rings (SSSR count). The Morgan fingerprint density at radius 1 is 1.26 bits per heavy atom. The van der Waals surface area contributed by atoms with Gasteiger partial charge in [-0.25, -0.2) is 0 Å². The molecule has 0 spiro atoms. The number of hydrogen-bond donors (Lipinski definition) is 2. The van der Waals surface area contributed by atoms with Gasteiger partial charge < -0.3 is 11.1 Å². The topological polar surface area (TPSA) is 55.1 Å². The maximum Gasteiger partial charge on any atom is 0.257 e. The minimum atomic E-state index is -0.240. The van der Waals surface area contributed by atoms with Gasteiger partial charge >= 0.3 is 0 Å². The fourth-order valence-electron chi connectivity index (χ4n) is 1.70. The number of carbonyl (C=O) groups excluding carboxylic acids is 1. The van der Waals surface area contributed by atoms with Gasteiger partial charge in [0.25, 0.3) is 5.91 Å². The van der Waals surface area contributed by atoms with E-state index in [1.54, 1.807) is 36.4 Å². The number of halogens is 2. The van der Waals surface area contributed by atoms with Crippen molar-refractivity contribution in [2.24, 2.45) is 0 Å². The third kappa shape index (κ3) is 3.28. The van der Waals surface area contributed by atoms with Crippen molar-refractivity contribution in [1.82, 2.24) is 0 Å². The molecule has 5 heteroatoms. The predicted octanol–water partition coefficient (Wildman–Crippen LogP) is 4.25. The van der Waals surface area contributed by atoms with Crippen LogP contribution in [-0.2, 0) is 0 Å². The Labute approximate surface area is 124 Å². The van der Waals surface area contributed by atoms with E-state index in [-0.39, 0.29) is 5.91 Å². The first kappa shape index (κ1) is 13.9. The lowest BCUT2D eigenvalue weighted by atomic mass is 10.1. The average Bonchev–Trinajstić information content (AvgIpc) is 2.32. The number of anilines is 2. The van der Waals surface area contributed by atoms with Crippen LogP contribution in [0.1, 0.15) is 15.9 Å². The van der Waals surface area contributed by atoms with Crippen molar-refractivity contribution in [3.05, 3.63) is 57.0 Å². The number of nitrogens with two attached hydrogens (primary N) is 1. The van der Waals surface area contributed by atoms with Gasteiger partial charge in [-0.3, -0.25) is 4.79 Å². The summed E-state index contributed by atoms with van der Waals surface area (Å²) in [5, 5.41) is 3.46. The number of amides is 1. The van der Waals surface area contributed by atoms with Gasteiger partial charge in [0.15, 0.2) is 0 Å². The summed E-state index contributed by atoms with van der Waals surface area (Å²) in [6, 6.07) is 10.4. The van der Waals surface area contributed by atoms with E-state index in [2.05, 4.69) is 21.2 Å². The second-order valence-corrected chi connectivity index (χ2v) is 5.50. The van der Waals surface area contributed by atoms with Crippen LogP contribution in [0.25, 0.3) is 0 Å². The van der Waals surface area contributed by atoms with Crippen LogP contribution >= 0.6 is 27.5 Å². The van der Waals surface area contributed by atoms with Gasteiger partial charge in [-0.05, 0) is 48.9 Å². The number of rotatable bonds is 2. The zero-order chi connectivity index (χ0) is 14.0. The fourth-order valence-corrected chi connectivity index (χ4v) is 2.30. The van der Waals surface area contributed by atoms with E-state index >= 15 is 0 Å². The Morgan fingerprint density at radius 3 is 2.63 bits per heavy atom. The zero-order valence-electron chi connectivity index (χ0n) is 10.2. The van der Waals surface area contributed by atoms with Gasteiger partial charge in [0.2, 0.25) is 0 Å². The molecular formula is C14H12BrClN2O. The van der Waals surface area contributed by atoms with Crippen LogP contribution in [0.4, 0.5) is 11.4 Å². The Balaban J connectivity index is 2.25. The van der Waals surface area contributed by atoms with E-state index in [4.69, 9.17) is 17.3 Å². The maximum absolute atomic E-state index is 12.1. The second kappa shape index (κ2) is 5.63. The highest BCUT2D eigenvalue weighted by Gasteiger charge is 2.11. The van der Waals surface area contributed by atoms with Crippen LogP contribution < -0.4 is 11.1 Å². The van der Waals surface area contributed by atoms with E-state index in [9.17, 15) is 4.79 Å². The van der Waals surface area contributed by atoms with Gasteiger partial charge in [0.1, 0.15) is 0 Å². The minimum Gasteiger partial charge on any atom is -0.398 e. The molecule has 0 radical (unpaired) electrons. The zero-order valence-corrected chi connectivity index (χ0v) is 12.5. The molecule has 0 fully saturated rings. The van der Waals surface area contributed by atoms with E-state index in [1.165, 1.54) is 0 Å². The smallest absolute Gasteiger partial charge is 0.257 e. The maximum atomic E-state index is 12.1. The number of hydrogen-bond acceptors (Lipinski definition) is 2. The summed E-state index contributed by atoms with van der Waals surface area (Å²) < 4.78 is 0.837. The Morgan fingerprint density at radius 2 is 2.00 bits per heavy atom. The molecule has 3 N–H and O–H groups in total. The summed E-state index contributed by atoms with van der Waals surface area (Å²) in [6.45, 7) is 1.88. The van der Waals surface area contributed by atoms with Crippen molar-refractivity contribution in [1.29, 1.82) is 0 Å². The van der Waals surface area contributed by atoms with E-state index in [0.29, 0.717) is 16.3 Å². The predicted molar refractivity (Wildman–Crippen MR) is 82.7 cm³/mol. The lowest BCUT2D eigenvalue weighted by molar-refractivity contribution is 0.102. The van der Waals surface area contributed by atoms with Crippen LogP contribution in [0.2, 0.25) is 5.02 Å². The van der Waals surface area contributed by atoms with Gasteiger partial charge in [0, 0.05) is 20.9 Å².